The predicted molar refractivity (Wildman–Crippen MR) is 69.8 cm³/mol. The minimum absolute atomic E-state index is 0.168. The summed E-state index contributed by atoms with van der Waals surface area (Å²) in [5, 5.41) is 3.38. The summed E-state index contributed by atoms with van der Waals surface area (Å²) in [6.07, 6.45) is 2.54. The van der Waals surface area contributed by atoms with Gasteiger partial charge in [-0.25, -0.2) is 4.39 Å². The molecule has 1 aromatic rings. The van der Waals surface area contributed by atoms with Crippen LogP contribution in [0.2, 0.25) is 0 Å². The molecular weight excluding hydrogens is 215 g/mol. The number of halogens is 1. The molecule has 0 saturated carbocycles. The molecule has 0 bridgehead atoms. The van der Waals surface area contributed by atoms with Gasteiger partial charge in [0.25, 0.3) is 0 Å². The van der Waals surface area contributed by atoms with Crippen molar-refractivity contribution in [3.63, 3.8) is 0 Å². The van der Waals surface area contributed by atoms with Gasteiger partial charge >= 0.3 is 0 Å². The molecule has 0 amide bonds. The molecule has 1 saturated heterocycles. The molecule has 2 rings (SSSR count). The Morgan fingerprint density at radius 2 is 2.29 bits per heavy atom. The summed E-state index contributed by atoms with van der Waals surface area (Å²) in [6, 6.07) is 4.92. The number of hydrogen-bond donors (Lipinski definition) is 1. The molecule has 0 aromatic heterocycles. The Balaban J connectivity index is 1.90. The summed E-state index contributed by atoms with van der Waals surface area (Å²) in [7, 11) is 2.17. The number of rotatable bonds is 3. The van der Waals surface area contributed by atoms with Crippen LogP contribution in [0.25, 0.3) is 0 Å². The molecule has 3 heteroatoms. The second-order valence-corrected chi connectivity index (χ2v) is 5.11. The molecule has 1 aliphatic rings. The highest BCUT2D eigenvalue weighted by Gasteiger charge is 2.16. The van der Waals surface area contributed by atoms with Crippen molar-refractivity contribution in [1.82, 2.24) is 4.90 Å². The lowest BCUT2D eigenvalue weighted by molar-refractivity contribution is 0.217. The second-order valence-electron chi connectivity index (χ2n) is 5.11. The Hall–Kier alpha value is -1.09. The lowest BCUT2D eigenvalue weighted by Crippen LogP contribution is -2.35. The molecule has 94 valence electrons. The van der Waals surface area contributed by atoms with E-state index in [4.69, 9.17) is 0 Å². The van der Waals surface area contributed by atoms with Gasteiger partial charge in [0.05, 0.1) is 0 Å². The fourth-order valence-electron chi connectivity index (χ4n) is 2.48. The Bertz CT molecular complexity index is 378. The van der Waals surface area contributed by atoms with Crippen LogP contribution >= 0.6 is 0 Å². The number of nitrogens with zero attached hydrogens (tertiary/aromatic N) is 1. The van der Waals surface area contributed by atoms with Gasteiger partial charge in [-0.1, -0.05) is 6.07 Å². The lowest BCUT2D eigenvalue weighted by atomic mass is 9.98. The Morgan fingerprint density at radius 1 is 1.47 bits per heavy atom. The first-order valence-electron chi connectivity index (χ1n) is 6.33. The van der Waals surface area contributed by atoms with Crippen LogP contribution in [-0.4, -0.2) is 31.6 Å². The minimum Gasteiger partial charge on any atom is -0.384 e. The molecular formula is C14H21FN2. The molecule has 17 heavy (non-hydrogen) atoms. The van der Waals surface area contributed by atoms with E-state index in [2.05, 4.69) is 17.3 Å². The first kappa shape index (κ1) is 12.4. The molecule has 1 atom stereocenters. The summed E-state index contributed by atoms with van der Waals surface area (Å²) >= 11 is 0. The van der Waals surface area contributed by atoms with Crippen molar-refractivity contribution in [1.29, 1.82) is 0 Å². The number of piperidine rings is 1. The summed E-state index contributed by atoms with van der Waals surface area (Å²) in [4.78, 5) is 2.37. The van der Waals surface area contributed by atoms with Crippen LogP contribution < -0.4 is 5.32 Å². The third-order valence-corrected chi connectivity index (χ3v) is 3.50. The highest BCUT2D eigenvalue weighted by molar-refractivity contribution is 5.50. The largest absolute Gasteiger partial charge is 0.384 e. The highest BCUT2D eigenvalue weighted by atomic mass is 19.1. The number of aryl methyl sites for hydroxylation is 1. The van der Waals surface area contributed by atoms with E-state index in [1.54, 1.807) is 6.07 Å². The van der Waals surface area contributed by atoms with Crippen LogP contribution in [0.3, 0.4) is 0 Å². The lowest BCUT2D eigenvalue weighted by Gasteiger charge is -2.30. The molecule has 1 heterocycles. The van der Waals surface area contributed by atoms with Crippen LogP contribution in [0.15, 0.2) is 18.2 Å². The first-order chi connectivity index (χ1) is 8.15. The van der Waals surface area contributed by atoms with Crippen molar-refractivity contribution >= 4 is 5.69 Å². The van der Waals surface area contributed by atoms with Gasteiger partial charge in [-0.3, -0.25) is 0 Å². The predicted octanol–water partition coefficient (Wildman–Crippen LogP) is 2.89. The van der Waals surface area contributed by atoms with E-state index in [9.17, 15) is 4.39 Å². The van der Waals surface area contributed by atoms with E-state index < -0.39 is 0 Å². The molecule has 1 aliphatic heterocycles. The van der Waals surface area contributed by atoms with Crippen molar-refractivity contribution in [3.8, 4) is 0 Å². The average molecular weight is 236 g/mol. The quantitative estimate of drug-likeness (QED) is 0.868. The van der Waals surface area contributed by atoms with Crippen LogP contribution in [0.1, 0.15) is 18.4 Å². The number of anilines is 1. The topological polar surface area (TPSA) is 15.3 Å². The standard InChI is InChI=1S/C14H21FN2/c1-11-5-6-13(15)8-14(11)16-9-12-4-3-7-17(2)10-12/h5-6,8,12,16H,3-4,7,9-10H2,1-2H3. The molecule has 2 nitrogen and oxygen atoms in total. The van der Waals surface area contributed by atoms with Gasteiger partial charge < -0.3 is 10.2 Å². The maximum absolute atomic E-state index is 13.1. The zero-order valence-corrected chi connectivity index (χ0v) is 10.7. The van der Waals surface area contributed by atoms with Crippen LogP contribution in [0, 0.1) is 18.7 Å². The Labute approximate surface area is 103 Å². The summed E-state index contributed by atoms with van der Waals surface area (Å²) in [5.41, 5.74) is 2.04. The molecule has 1 unspecified atom stereocenters. The third kappa shape index (κ3) is 3.43. The van der Waals surface area contributed by atoms with Crippen molar-refractivity contribution in [2.75, 3.05) is 32.0 Å². The van der Waals surface area contributed by atoms with Gasteiger partial charge in [0.15, 0.2) is 0 Å². The number of benzene rings is 1. The molecule has 0 aliphatic carbocycles. The van der Waals surface area contributed by atoms with E-state index in [-0.39, 0.29) is 5.82 Å². The molecule has 1 aromatic carbocycles. The van der Waals surface area contributed by atoms with Crippen molar-refractivity contribution < 1.29 is 4.39 Å². The third-order valence-electron chi connectivity index (χ3n) is 3.50. The Kier molecular flexibility index (Phi) is 4.00. The maximum atomic E-state index is 13.1. The van der Waals surface area contributed by atoms with Gasteiger partial charge in [-0.2, -0.15) is 0 Å². The van der Waals surface area contributed by atoms with Gasteiger partial charge in [0.2, 0.25) is 0 Å². The van der Waals surface area contributed by atoms with Crippen LogP contribution in [-0.2, 0) is 0 Å². The summed E-state index contributed by atoms with van der Waals surface area (Å²) in [6.45, 7) is 5.29. The van der Waals surface area contributed by atoms with Crippen LogP contribution in [0.4, 0.5) is 10.1 Å². The normalized spacial score (nSPS) is 21.5. The summed E-state index contributed by atoms with van der Waals surface area (Å²) < 4.78 is 13.1. The van der Waals surface area contributed by atoms with E-state index >= 15 is 0 Å². The molecule has 1 N–H and O–H groups in total. The van der Waals surface area contributed by atoms with Crippen molar-refractivity contribution in [3.05, 3.63) is 29.6 Å². The molecule has 1 fully saturated rings. The smallest absolute Gasteiger partial charge is 0.125 e. The zero-order valence-electron chi connectivity index (χ0n) is 10.7. The van der Waals surface area contributed by atoms with E-state index in [1.165, 1.54) is 25.5 Å². The van der Waals surface area contributed by atoms with Gasteiger partial charge in [0.1, 0.15) is 5.82 Å². The SMILES string of the molecule is Cc1ccc(F)cc1NCC1CCCN(C)C1. The van der Waals surface area contributed by atoms with Gasteiger partial charge in [-0.05, 0) is 57.0 Å². The summed E-state index contributed by atoms with van der Waals surface area (Å²) in [5.74, 6) is 0.510. The second kappa shape index (κ2) is 5.50. The minimum atomic E-state index is -0.168. The fraction of sp³-hybridized carbons (Fsp3) is 0.571. The zero-order chi connectivity index (χ0) is 12.3. The number of likely N-dealkylation sites (tertiary alicyclic amines) is 1. The van der Waals surface area contributed by atoms with Crippen molar-refractivity contribution in [2.45, 2.75) is 19.8 Å². The van der Waals surface area contributed by atoms with E-state index in [0.29, 0.717) is 5.92 Å². The fourth-order valence-corrected chi connectivity index (χ4v) is 2.48. The maximum Gasteiger partial charge on any atom is 0.125 e. The first-order valence-corrected chi connectivity index (χ1v) is 6.33. The van der Waals surface area contributed by atoms with Gasteiger partial charge in [0, 0.05) is 18.8 Å². The molecule has 0 spiro atoms. The van der Waals surface area contributed by atoms with E-state index in [1.807, 2.05) is 13.0 Å². The monoisotopic (exact) mass is 236 g/mol. The Morgan fingerprint density at radius 3 is 3.06 bits per heavy atom. The average Bonchev–Trinajstić information content (AvgIpc) is 2.30. The molecule has 0 radical (unpaired) electrons. The van der Waals surface area contributed by atoms with Crippen molar-refractivity contribution in [2.24, 2.45) is 5.92 Å². The van der Waals surface area contributed by atoms with Crippen LogP contribution in [0.5, 0.6) is 0 Å². The van der Waals surface area contributed by atoms with E-state index in [0.717, 1.165) is 24.3 Å². The van der Waals surface area contributed by atoms with Gasteiger partial charge in [-0.15, -0.1) is 0 Å². The highest BCUT2D eigenvalue weighted by Crippen LogP contribution is 2.19. The number of nitrogens with one attached hydrogen (secondary N) is 1. The number of hydrogen-bond acceptors (Lipinski definition) is 2.